The van der Waals surface area contributed by atoms with Crippen molar-refractivity contribution >= 4 is 11.8 Å². The molecule has 126 valence electrons. The first kappa shape index (κ1) is 17.5. The van der Waals surface area contributed by atoms with Gasteiger partial charge in [0.05, 0.1) is 0 Å². The molecule has 2 aromatic carbocycles. The predicted octanol–water partition coefficient (Wildman–Crippen LogP) is 2.79. The zero-order valence-corrected chi connectivity index (χ0v) is 14.1. The summed E-state index contributed by atoms with van der Waals surface area (Å²) in [6.45, 7) is 5.60. The van der Waals surface area contributed by atoms with E-state index in [0.29, 0.717) is 11.3 Å². The summed E-state index contributed by atoms with van der Waals surface area (Å²) in [4.78, 5) is 24.0. The van der Waals surface area contributed by atoms with Gasteiger partial charge in [-0.15, -0.1) is 0 Å². The first-order valence-corrected chi connectivity index (χ1v) is 7.92. The van der Waals surface area contributed by atoms with Crippen molar-refractivity contribution in [3.8, 4) is 5.75 Å². The number of hydrazine groups is 1. The largest absolute Gasteiger partial charge is 0.481 e. The van der Waals surface area contributed by atoms with Gasteiger partial charge in [0.2, 0.25) is 0 Å². The predicted molar refractivity (Wildman–Crippen MR) is 92.7 cm³/mol. The third kappa shape index (κ3) is 4.84. The molecule has 0 fully saturated rings. The van der Waals surface area contributed by atoms with Crippen molar-refractivity contribution in [2.75, 3.05) is 0 Å². The number of aryl methyl sites for hydroxylation is 2. The van der Waals surface area contributed by atoms with Crippen LogP contribution >= 0.6 is 0 Å². The molecule has 2 aromatic rings. The Morgan fingerprint density at radius 1 is 1.08 bits per heavy atom. The number of carbonyl (C=O) groups is 2. The highest BCUT2D eigenvalue weighted by Gasteiger charge is 2.16. The zero-order chi connectivity index (χ0) is 17.5. The number of benzene rings is 2. The lowest BCUT2D eigenvalue weighted by Crippen LogP contribution is -2.47. The van der Waals surface area contributed by atoms with Crippen LogP contribution in [0.4, 0.5) is 0 Å². The molecule has 2 rings (SSSR count). The molecule has 5 heteroatoms. The summed E-state index contributed by atoms with van der Waals surface area (Å²) < 4.78 is 5.57. The lowest BCUT2D eigenvalue weighted by Gasteiger charge is -2.15. The number of nitrogens with one attached hydrogen (secondary N) is 2. The Balaban J connectivity index is 1.85. The van der Waals surface area contributed by atoms with Crippen LogP contribution in [-0.4, -0.2) is 17.9 Å². The second kappa shape index (κ2) is 8.15. The van der Waals surface area contributed by atoms with E-state index < -0.39 is 12.0 Å². The summed E-state index contributed by atoms with van der Waals surface area (Å²) in [5.74, 6) is -0.179. The first-order valence-electron chi connectivity index (χ1n) is 7.92. The van der Waals surface area contributed by atoms with Crippen molar-refractivity contribution in [3.63, 3.8) is 0 Å². The van der Waals surface area contributed by atoms with E-state index in [2.05, 4.69) is 17.8 Å². The van der Waals surface area contributed by atoms with Gasteiger partial charge >= 0.3 is 0 Å². The van der Waals surface area contributed by atoms with Crippen molar-refractivity contribution in [3.05, 3.63) is 65.2 Å². The number of hydrogen-bond acceptors (Lipinski definition) is 3. The number of ether oxygens (including phenoxy) is 1. The van der Waals surface area contributed by atoms with Gasteiger partial charge in [-0.3, -0.25) is 20.4 Å². The minimum Gasteiger partial charge on any atom is -0.481 e. The molecular weight excluding hydrogens is 304 g/mol. The van der Waals surface area contributed by atoms with Crippen LogP contribution in [0.3, 0.4) is 0 Å². The molecule has 0 saturated carbocycles. The van der Waals surface area contributed by atoms with Crippen LogP contribution in [0.1, 0.15) is 35.3 Å². The monoisotopic (exact) mass is 326 g/mol. The number of hydrogen-bond donors (Lipinski definition) is 2. The maximum absolute atomic E-state index is 12.0. The zero-order valence-electron chi connectivity index (χ0n) is 14.1. The minimum atomic E-state index is -0.727. The molecule has 0 spiro atoms. The minimum absolute atomic E-state index is 0.369. The number of rotatable bonds is 5. The van der Waals surface area contributed by atoms with Crippen LogP contribution < -0.4 is 15.6 Å². The van der Waals surface area contributed by atoms with Crippen LogP contribution in [0.2, 0.25) is 0 Å². The molecule has 2 amide bonds. The van der Waals surface area contributed by atoms with E-state index in [0.717, 1.165) is 12.0 Å². The fourth-order valence-electron chi connectivity index (χ4n) is 2.14. The van der Waals surface area contributed by atoms with Crippen LogP contribution in [0, 0.1) is 6.92 Å². The number of amides is 2. The van der Waals surface area contributed by atoms with Crippen LogP contribution in [-0.2, 0) is 11.2 Å². The van der Waals surface area contributed by atoms with Gasteiger partial charge in [-0.1, -0.05) is 36.8 Å². The van der Waals surface area contributed by atoms with Gasteiger partial charge < -0.3 is 4.74 Å². The van der Waals surface area contributed by atoms with Crippen LogP contribution in [0.5, 0.6) is 5.75 Å². The van der Waals surface area contributed by atoms with E-state index in [9.17, 15) is 9.59 Å². The Bertz CT molecular complexity index is 711. The molecule has 24 heavy (non-hydrogen) atoms. The van der Waals surface area contributed by atoms with Gasteiger partial charge in [0, 0.05) is 5.56 Å². The lowest BCUT2D eigenvalue weighted by atomic mass is 10.1. The molecule has 0 aliphatic heterocycles. The molecule has 2 N–H and O–H groups in total. The average Bonchev–Trinajstić information content (AvgIpc) is 2.60. The van der Waals surface area contributed by atoms with E-state index in [-0.39, 0.29) is 5.91 Å². The Hall–Kier alpha value is -2.82. The molecule has 0 bridgehead atoms. The summed E-state index contributed by atoms with van der Waals surface area (Å²) in [7, 11) is 0. The van der Waals surface area contributed by atoms with Crippen molar-refractivity contribution in [2.45, 2.75) is 33.3 Å². The normalized spacial score (nSPS) is 11.5. The maximum Gasteiger partial charge on any atom is 0.279 e. The highest BCUT2D eigenvalue weighted by Crippen LogP contribution is 2.14. The fraction of sp³-hybridized carbons (Fsp3) is 0.263. The molecule has 0 saturated heterocycles. The Labute approximate surface area is 142 Å². The van der Waals surface area contributed by atoms with Crippen molar-refractivity contribution in [1.82, 2.24) is 10.9 Å². The summed E-state index contributed by atoms with van der Waals surface area (Å²) in [5.41, 5.74) is 7.43. The summed E-state index contributed by atoms with van der Waals surface area (Å²) >= 11 is 0. The first-order chi connectivity index (χ1) is 11.5. The van der Waals surface area contributed by atoms with E-state index in [1.54, 1.807) is 25.1 Å². The van der Waals surface area contributed by atoms with E-state index in [4.69, 9.17) is 4.74 Å². The SMILES string of the molecule is CCc1ccc(O[C@@H](C)C(=O)NNC(=O)c2cccc(C)c2)cc1. The summed E-state index contributed by atoms with van der Waals surface area (Å²) in [6.07, 6.45) is 0.219. The molecule has 0 aliphatic rings. The van der Waals surface area contributed by atoms with Gasteiger partial charge in [0.1, 0.15) is 5.75 Å². The molecule has 1 atom stereocenters. The third-order valence-electron chi connectivity index (χ3n) is 3.59. The molecule has 5 nitrogen and oxygen atoms in total. The molecule has 0 aromatic heterocycles. The van der Waals surface area contributed by atoms with Gasteiger partial charge in [-0.05, 0) is 50.1 Å². The molecular formula is C19H22N2O3. The lowest BCUT2D eigenvalue weighted by molar-refractivity contribution is -0.128. The Morgan fingerprint density at radius 2 is 1.79 bits per heavy atom. The van der Waals surface area contributed by atoms with E-state index in [1.165, 1.54) is 5.56 Å². The highest BCUT2D eigenvalue weighted by atomic mass is 16.5. The fourth-order valence-corrected chi connectivity index (χ4v) is 2.14. The van der Waals surface area contributed by atoms with Crippen LogP contribution in [0.25, 0.3) is 0 Å². The Kier molecular flexibility index (Phi) is 5.95. The quantitative estimate of drug-likeness (QED) is 0.830. The second-order valence-corrected chi connectivity index (χ2v) is 5.57. The van der Waals surface area contributed by atoms with Gasteiger partial charge in [-0.25, -0.2) is 0 Å². The van der Waals surface area contributed by atoms with Gasteiger partial charge in [0.25, 0.3) is 11.8 Å². The van der Waals surface area contributed by atoms with Crippen molar-refractivity contribution in [2.24, 2.45) is 0 Å². The second-order valence-electron chi connectivity index (χ2n) is 5.57. The summed E-state index contributed by atoms with van der Waals surface area (Å²) in [6, 6.07) is 14.7. The van der Waals surface area contributed by atoms with E-state index >= 15 is 0 Å². The molecule has 0 unspecified atom stereocenters. The Morgan fingerprint density at radius 3 is 2.42 bits per heavy atom. The number of carbonyl (C=O) groups excluding carboxylic acids is 2. The maximum atomic E-state index is 12.0. The summed E-state index contributed by atoms with van der Waals surface area (Å²) in [5, 5.41) is 0. The topological polar surface area (TPSA) is 67.4 Å². The molecule has 0 heterocycles. The van der Waals surface area contributed by atoms with Crippen molar-refractivity contribution in [1.29, 1.82) is 0 Å². The van der Waals surface area contributed by atoms with Crippen LogP contribution in [0.15, 0.2) is 48.5 Å². The van der Waals surface area contributed by atoms with Gasteiger partial charge in [0.15, 0.2) is 6.10 Å². The third-order valence-corrected chi connectivity index (χ3v) is 3.59. The highest BCUT2D eigenvalue weighted by molar-refractivity contribution is 5.95. The van der Waals surface area contributed by atoms with E-state index in [1.807, 2.05) is 37.3 Å². The van der Waals surface area contributed by atoms with Crippen molar-refractivity contribution < 1.29 is 14.3 Å². The molecule has 0 radical (unpaired) electrons. The standard InChI is InChI=1S/C19H22N2O3/c1-4-15-8-10-17(11-9-15)24-14(3)18(22)20-21-19(23)16-7-5-6-13(2)12-16/h5-12,14H,4H2,1-3H3,(H,20,22)(H,21,23)/t14-/m0/s1. The van der Waals surface area contributed by atoms with Gasteiger partial charge in [-0.2, -0.15) is 0 Å². The smallest absolute Gasteiger partial charge is 0.279 e. The average molecular weight is 326 g/mol. The molecule has 0 aliphatic carbocycles.